The second-order valence-electron chi connectivity index (χ2n) is 15.8. The maximum atomic E-state index is 6.90. The van der Waals surface area contributed by atoms with Crippen molar-refractivity contribution in [2.24, 2.45) is 0 Å². The van der Waals surface area contributed by atoms with E-state index >= 15 is 0 Å². The van der Waals surface area contributed by atoms with Crippen molar-refractivity contribution in [3.63, 3.8) is 0 Å². The minimum Gasteiger partial charge on any atom is -0.458 e. The van der Waals surface area contributed by atoms with E-state index in [2.05, 4.69) is 195 Å². The van der Waals surface area contributed by atoms with Crippen molar-refractivity contribution in [2.75, 3.05) is 9.80 Å². The van der Waals surface area contributed by atoms with Crippen LogP contribution in [0.5, 0.6) is 11.5 Å². The van der Waals surface area contributed by atoms with Crippen molar-refractivity contribution in [2.45, 2.75) is 52.4 Å². The average molecular weight is 665 g/mol. The molecule has 6 heteroatoms. The Balaban J connectivity index is 1.22. The van der Waals surface area contributed by atoms with Crippen LogP contribution in [0.25, 0.3) is 5.65 Å². The zero-order valence-electron chi connectivity index (χ0n) is 30.1. The first-order valence-corrected chi connectivity index (χ1v) is 17.8. The molecule has 7 aromatic rings. The van der Waals surface area contributed by atoms with Crippen LogP contribution in [0.2, 0.25) is 0 Å². The fourth-order valence-corrected chi connectivity index (χ4v) is 7.69. The Labute approximate surface area is 300 Å². The first-order valence-electron chi connectivity index (χ1n) is 17.8. The summed E-state index contributed by atoms with van der Waals surface area (Å²) in [6.45, 7) is 13.5. The van der Waals surface area contributed by atoms with E-state index in [1.165, 1.54) is 11.1 Å². The van der Waals surface area contributed by atoms with Crippen molar-refractivity contribution in [1.82, 2.24) is 9.38 Å². The normalized spacial score (nSPS) is 13.4. The van der Waals surface area contributed by atoms with E-state index in [0.29, 0.717) is 0 Å². The Kier molecular flexibility index (Phi) is 6.98. The van der Waals surface area contributed by atoms with Gasteiger partial charge in [-0.15, -0.1) is 0 Å². The van der Waals surface area contributed by atoms with Crippen LogP contribution in [0.4, 0.5) is 34.3 Å². The third-order valence-corrected chi connectivity index (χ3v) is 10.4. The first kappa shape index (κ1) is 31.3. The molecule has 0 unspecified atom stereocenters. The zero-order valence-corrected chi connectivity index (χ0v) is 30.1. The molecule has 5 nitrogen and oxygen atoms in total. The van der Waals surface area contributed by atoms with Crippen molar-refractivity contribution < 1.29 is 4.74 Å². The maximum absolute atomic E-state index is 6.90. The highest BCUT2D eigenvalue weighted by atomic mass is 16.5. The first-order chi connectivity index (χ1) is 24.6. The molecule has 9 rings (SSSR count). The van der Waals surface area contributed by atoms with Gasteiger partial charge in [-0.05, 0) is 99.6 Å². The summed E-state index contributed by atoms with van der Waals surface area (Å²) < 4.78 is 9.11. The van der Waals surface area contributed by atoms with Gasteiger partial charge in [0.1, 0.15) is 23.0 Å². The van der Waals surface area contributed by atoms with Gasteiger partial charge in [0.15, 0.2) is 0 Å². The van der Waals surface area contributed by atoms with E-state index in [9.17, 15) is 0 Å². The molecule has 0 N–H and O–H groups in total. The molecule has 0 fully saturated rings. The molecule has 0 saturated heterocycles. The van der Waals surface area contributed by atoms with Gasteiger partial charge in [0.25, 0.3) is 6.71 Å². The number of imidazole rings is 1. The fraction of sp³-hybridized carbons (Fsp3) is 0.178. The van der Waals surface area contributed by atoms with Crippen molar-refractivity contribution in [3.8, 4) is 11.5 Å². The second kappa shape index (κ2) is 11.4. The molecule has 2 aliphatic heterocycles. The molecule has 2 aromatic heterocycles. The van der Waals surface area contributed by atoms with E-state index in [1.54, 1.807) is 0 Å². The van der Waals surface area contributed by atoms with Gasteiger partial charge in [-0.3, -0.25) is 9.30 Å². The van der Waals surface area contributed by atoms with Gasteiger partial charge in [0, 0.05) is 40.7 Å². The molecular formula is C45H41BN4O. The van der Waals surface area contributed by atoms with Gasteiger partial charge in [-0.1, -0.05) is 102 Å². The van der Waals surface area contributed by atoms with Crippen molar-refractivity contribution in [3.05, 3.63) is 151 Å². The summed E-state index contributed by atoms with van der Waals surface area (Å²) in [5.74, 6) is 2.77. The SMILES string of the molecule is CC(C)(C)c1ccc(N(c2ccc(C(C)(C)C)cc2)c2ccc3c(c2)Oc2cccc4c2B3c2nc3ccccn3c2N4c2ccccc2)cc1. The molecule has 5 aromatic carbocycles. The van der Waals surface area contributed by atoms with Gasteiger partial charge >= 0.3 is 0 Å². The predicted octanol–water partition coefficient (Wildman–Crippen LogP) is 9.80. The van der Waals surface area contributed by atoms with E-state index in [1.807, 2.05) is 0 Å². The molecule has 250 valence electrons. The van der Waals surface area contributed by atoms with Crippen LogP contribution in [-0.4, -0.2) is 16.1 Å². The molecule has 0 aliphatic carbocycles. The molecule has 0 amide bonds. The van der Waals surface area contributed by atoms with Gasteiger partial charge in [-0.2, -0.15) is 0 Å². The van der Waals surface area contributed by atoms with Crippen LogP contribution in [-0.2, 0) is 10.8 Å². The topological polar surface area (TPSA) is 33.0 Å². The number of aromatic nitrogens is 2. The van der Waals surface area contributed by atoms with Crippen LogP contribution in [0.15, 0.2) is 140 Å². The minimum atomic E-state index is -0.0885. The van der Waals surface area contributed by atoms with Crippen LogP contribution < -0.4 is 31.1 Å². The summed E-state index contributed by atoms with van der Waals surface area (Å²) in [6, 6.07) is 47.8. The largest absolute Gasteiger partial charge is 0.458 e. The maximum Gasteiger partial charge on any atom is 0.281 e. The van der Waals surface area contributed by atoms with E-state index in [-0.39, 0.29) is 17.5 Å². The number of hydrogen-bond donors (Lipinski definition) is 0. The number of rotatable bonds is 4. The summed E-state index contributed by atoms with van der Waals surface area (Å²) >= 11 is 0. The highest BCUT2D eigenvalue weighted by Gasteiger charge is 2.44. The van der Waals surface area contributed by atoms with Crippen molar-refractivity contribution in [1.29, 1.82) is 0 Å². The van der Waals surface area contributed by atoms with Crippen LogP contribution >= 0.6 is 0 Å². The third-order valence-electron chi connectivity index (χ3n) is 10.4. The summed E-state index contributed by atoms with van der Waals surface area (Å²) in [4.78, 5) is 9.99. The number of benzene rings is 5. The molecule has 0 atom stereocenters. The van der Waals surface area contributed by atoms with E-state index in [4.69, 9.17) is 9.72 Å². The molecule has 0 bridgehead atoms. The van der Waals surface area contributed by atoms with Gasteiger partial charge < -0.3 is 9.64 Å². The molecule has 0 saturated carbocycles. The van der Waals surface area contributed by atoms with Gasteiger partial charge in [0.05, 0.1) is 5.59 Å². The highest BCUT2D eigenvalue weighted by molar-refractivity contribution is 6.98. The highest BCUT2D eigenvalue weighted by Crippen LogP contribution is 2.43. The minimum absolute atomic E-state index is 0.0660. The Hall–Kier alpha value is -5.75. The molecule has 51 heavy (non-hydrogen) atoms. The summed E-state index contributed by atoms with van der Waals surface area (Å²) in [5.41, 5.74) is 12.4. The number of pyridine rings is 1. The van der Waals surface area contributed by atoms with Gasteiger partial charge in [0.2, 0.25) is 0 Å². The monoisotopic (exact) mass is 664 g/mol. The molecule has 4 heterocycles. The lowest BCUT2D eigenvalue weighted by molar-refractivity contribution is 0.487. The summed E-state index contributed by atoms with van der Waals surface area (Å²) in [6.07, 6.45) is 2.11. The molecular weight excluding hydrogens is 623 g/mol. The number of fused-ring (bicyclic) bond motifs is 6. The number of hydrogen-bond acceptors (Lipinski definition) is 4. The molecule has 0 spiro atoms. The third kappa shape index (κ3) is 5.12. The lowest BCUT2D eigenvalue weighted by Crippen LogP contribution is -2.60. The van der Waals surface area contributed by atoms with E-state index in [0.717, 1.165) is 67.9 Å². The average Bonchev–Trinajstić information content (AvgIpc) is 3.51. The standard InChI is InChI=1S/C45H41BN4O/c1-44(2,3)30-18-22-33(23-19-30)49(34-24-20-31(21-25-34)45(4,5)6)35-26-27-36-39(29-35)51-38-16-12-15-37-41(38)46(36)42-43(48-28-11-10-17-40(48)47-42)50(37)32-13-8-7-9-14-32/h7-29H,1-6H3. The number of ether oxygens (including phenoxy) is 1. The Morgan fingerprint density at radius 3 is 1.88 bits per heavy atom. The van der Waals surface area contributed by atoms with Crippen LogP contribution in [0.3, 0.4) is 0 Å². The number of para-hydroxylation sites is 1. The number of nitrogens with zero attached hydrogens (tertiary/aromatic N) is 4. The quantitative estimate of drug-likeness (QED) is 0.176. The lowest BCUT2D eigenvalue weighted by Gasteiger charge is -2.38. The zero-order chi connectivity index (χ0) is 35.1. The Morgan fingerprint density at radius 2 is 1.24 bits per heavy atom. The smallest absolute Gasteiger partial charge is 0.281 e. The fourth-order valence-electron chi connectivity index (χ4n) is 7.69. The Bertz CT molecular complexity index is 2360. The summed E-state index contributed by atoms with van der Waals surface area (Å²) in [5, 5.41) is 0. The van der Waals surface area contributed by atoms with Crippen molar-refractivity contribution >= 4 is 63.1 Å². The second-order valence-corrected chi connectivity index (χ2v) is 15.8. The summed E-state index contributed by atoms with van der Waals surface area (Å²) in [7, 11) is 0. The predicted molar refractivity (Wildman–Crippen MR) is 213 cm³/mol. The number of anilines is 6. The molecule has 0 radical (unpaired) electrons. The van der Waals surface area contributed by atoms with Crippen LogP contribution in [0, 0.1) is 0 Å². The lowest BCUT2D eigenvalue weighted by atomic mass is 9.36. The Morgan fingerprint density at radius 1 is 0.608 bits per heavy atom. The molecule has 2 aliphatic rings. The van der Waals surface area contributed by atoms with Crippen LogP contribution in [0.1, 0.15) is 52.7 Å². The van der Waals surface area contributed by atoms with Gasteiger partial charge in [-0.25, -0.2) is 4.98 Å². The van der Waals surface area contributed by atoms with E-state index < -0.39 is 0 Å².